The molecule has 0 amide bonds. The number of hydrogen-bond donors (Lipinski definition) is 0. The van der Waals surface area contributed by atoms with Crippen LogP contribution < -0.4 is 0 Å². The molecule has 1 saturated carbocycles. The lowest BCUT2D eigenvalue weighted by Gasteiger charge is -2.01. The molecule has 3 nitrogen and oxygen atoms in total. The summed E-state index contributed by atoms with van der Waals surface area (Å²) in [5.41, 5.74) is 3.50. The van der Waals surface area contributed by atoms with E-state index >= 15 is 0 Å². The quantitative estimate of drug-likeness (QED) is 0.806. The van der Waals surface area contributed by atoms with E-state index in [0.29, 0.717) is 12.3 Å². The van der Waals surface area contributed by atoms with E-state index in [1.807, 2.05) is 0 Å². The van der Waals surface area contributed by atoms with Gasteiger partial charge in [-0.3, -0.25) is 0 Å². The lowest BCUT2D eigenvalue weighted by atomic mass is 10.1. The molecule has 0 spiro atoms. The van der Waals surface area contributed by atoms with E-state index in [2.05, 4.69) is 35.9 Å². The Kier molecular flexibility index (Phi) is 2.36. The molecule has 3 rings (SSSR count). The zero-order valence-corrected chi connectivity index (χ0v) is 9.98. The Bertz CT molecular complexity index is 600. The van der Waals surface area contributed by atoms with Gasteiger partial charge in [0.05, 0.1) is 17.1 Å². The van der Waals surface area contributed by atoms with E-state index < -0.39 is 0 Å². The first-order chi connectivity index (χ1) is 8.29. The third-order valence-corrected chi connectivity index (χ3v) is 3.45. The van der Waals surface area contributed by atoms with Gasteiger partial charge in [-0.25, -0.2) is 4.98 Å². The van der Waals surface area contributed by atoms with E-state index in [1.54, 1.807) is 0 Å². The smallest absolute Gasteiger partial charge is 0.112 e. The highest BCUT2D eigenvalue weighted by Gasteiger charge is 2.28. The van der Waals surface area contributed by atoms with Crippen molar-refractivity contribution < 1.29 is 0 Å². The third-order valence-electron chi connectivity index (χ3n) is 3.45. The van der Waals surface area contributed by atoms with Crippen LogP contribution >= 0.6 is 0 Å². The maximum Gasteiger partial charge on any atom is 0.112 e. The van der Waals surface area contributed by atoms with Crippen LogP contribution in [0.5, 0.6) is 0 Å². The van der Waals surface area contributed by atoms with Crippen molar-refractivity contribution in [3.63, 3.8) is 0 Å². The van der Waals surface area contributed by atoms with E-state index in [1.165, 1.54) is 29.7 Å². The highest BCUT2D eigenvalue weighted by molar-refractivity contribution is 5.77. The highest BCUT2D eigenvalue weighted by atomic mass is 15.1. The lowest BCUT2D eigenvalue weighted by Crippen LogP contribution is -1.95. The van der Waals surface area contributed by atoms with Crippen LogP contribution in [-0.2, 0) is 13.5 Å². The molecular weight excluding hydrogens is 210 g/mol. The van der Waals surface area contributed by atoms with Gasteiger partial charge in [-0.15, -0.1) is 0 Å². The number of rotatable bonds is 3. The van der Waals surface area contributed by atoms with Crippen molar-refractivity contribution in [1.82, 2.24) is 9.55 Å². The maximum absolute atomic E-state index is 8.61. The number of benzene rings is 1. The van der Waals surface area contributed by atoms with Gasteiger partial charge in [0.1, 0.15) is 5.82 Å². The second-order valence-corrected chi connectivity index (χ2v) is 4.78. The molecule has 0 bridgehead atoms. The number of nitrogens with zero attached hydrogens (tertiary/aromatic N) is 3. The fourth-order valence-electron chi connectivity index (χ4n) is 2.32. The fraction of sp³-hybridized carbons (Fsp3) is 0.429. The Morgan fingerprint density at radius 3 is 3.00 bits per heavy atom. The topological polar surface area (TPSA) is 41.6 Å². The predicted octanol–water partition coefficient (Wildman–Crippen LogP) is 2.91. The zero-order chi connectivity index (χ0) is 11.8. The number of aryl methyl sites for hydroxylation is 2. The minimum atomic E-state index is 0.582. The van der Waals surface area contributed by atoms with Gasteiger partial charge >= 0.3 is 0 Å². The Labute approximate surface area is 101 Å². The molecule has 2 aromatic rings. The zero-order valence-electron chi connectivity index (χ0n) is 9.98. The summed E-state index contributed by atoms with van der Waals surface area (Å²) in [7, 11) is 2.09. The summed E-state index contributed by atoms with van der Waals surface area (Å²) in [4.78, 5) is 4.69. The Morgan fingerprint density at radius 1 is 1.47 bits per heavy atom. The largest absolute Gasteiger partial charge is 0.331 e. The molecule has 0 saturated heterocycles. The van der Waals surface area contributed by atoms with Crippen LogP contribution in [-0.4, -0.2) is 9.55 Å². The van der Waals surface area contributed by atoms with Crippen molar-refractivity contribution >= 4 is 11.0 Å². The molecule has 1 aromatic carbocycles. The number of hydrogen-bond acceptors (Lipinski definition) is 2. The van der Waals surface area contributed by atoms with Crippen molar-refractivity contribution in [2.45, 2.75) is 31.6 Å². The molecule has 1 aliphatic rings. The van der Waals surface area contributed by atoms with Gasteiger partial charge < -0.3 is 4.57 Å². The van der Waals surface area contributed by atoms with Crippen molar-refractivity contribution in [2.75, 3.05) is 0 Å². The van der Waals surface area contributed by atoms with E-state index in [9.17, 15) is 0 Å². The molecule has 0 unspecified atom stereocenters. The van der Waals surface area contributed by atoms with Crippen LogP contribution in [0.3, 0.4) is 0 Å². The molecule has 0 radical (unpaired) electrons. The van der Waals surface area contributed by atoms with Crippen LogP contribution in [0.2, 0.25) is 0 Å². The monoisotopic (exact) mass is 225 g/mol. The molecule has 1 heterocycles. The van der Waals surface area contributed by atoms with Gasteiger partial charge in [0.2, 0.25) is 0 Å². The number of fused-ring (bicyclic) bond motifs is 1. The first-order valence-electron chi connectivity index (χ1n) is 6.12. The van der Waals surface area contributed by atoms with E-state index in [4.69, 9.17) is 10.2 Å². The van der Waals surface area contributed by atoms with Gasteiger partial charge in [-0.05, 0) is 37.0 Å². The average Bonchev–Trinajstić information content (AvgIpc) is 3.13. The highest BCUT2D eigenvalue weighted by Crippen LogP contribution is 2.40. The molecule has 86 valence electrons. The van der Waals surface area contributed by atoms with Gasteiger partial charge in [0, 0.05) is 19.4 Å². The molecule has 3 heteroatoms. The number of nitriles is 1. The first kappa shape index (κ1) is 10.3. The minimum absolute atomic E-state index is 0.582. The summed E-state index contributed by atoms with van der Waals surface area (Å²) in [6.07, 6.45) is 3.96. The second-order valence-electron chi connectivity index (χ2n) is 4.78. The number of aromatic nitrogens is 2. The molecule has 0 aliphatic heterocycles. The van der Waals surface area contributed by atoms with E-state index in [0.717, 1.165) is 11.9 Å². The predicted molar refractivity (Wildman–Crippen MR) is 66.6 cm³/mol. The van der Waals surface area contributed by atoms with Crippen LogP contribution in [0.15, 0.2) is 18.2 Å². The van der Waals surface area contributed by atoms with Gasteiger partial charge in [0.25, 0.3) is 0 Å². The van der Waals surface area contributed by atoms with Crippen LogP contribution in [0.1, 0.15) is 36.6 Å². The van der Waals surface area contributed by atoms with Crippen LogP contribution in [0.25, 0.3) is 11.0 Å². The molecule has 0 N–H and O–H groups in total. The van der Waals surface area contributed by atoms with Gasteiger partial charge in [-0.1, -0.05) is 6.07 Å². The molecule has 0 atom stereocenters. The summed E-state index contributed by atoms with van der Waals surface area (Å²) >= 11 is 0. The number of imidazole rings is 1. The fourth-order valence-corrected chi connectivity index (χ4v) is 2.32. The Hall–Kier alpha value is -1.82. The molecule has 1 aromatic heterocycles. The average molecular weight is 225 g/mol. The third kappa shape index (κ3) is 1.80. The summed E-state index contributed by atoms with van der Waals surface area (Å²) < 4.78 is 2.21. The first-order valence-corrected chi connectivity index (χ1v) is 6.12. The molecule has 1 fully saturated rings. The van der Waals surface area contributed by atoms with Crippen molar-refractivity contribution in [2.24, 2.45) is 7.05 Å². The van der Waals surface area contributed by atoms with Crippen molar-refractivity contribution in [3.05, 3.63) is 29.6 Å². The molecule has 1 aliphatic carbocycles. The van der Waals surface area contributed by atoms with Gasteiger partial charge in [-0.2, -0.15) is 5.26 Å². The normalized spacial score (nSPS) is 15.1. The standard InChI is InChI=1S/C14H15N3/c1-17-13-9-10(3-2-8-15)4-7-12(13)16-14(17)11-5-6-11/h4,7,9,11H,2-3,5-6H2,1H3. The minimum Gasteiger partial charge on any atom is -0.331 e. The van der Waals surface area contributed by atoms with E-state index in [-0.39, 0.29) is 0 Å². The van der Waals surface area contributed by atoms with Crippen molar-refractivity contribution in [3.8, 4) is 6.07 Å². The summed E-state index contributed by atoms with van der Waals surface area (Å²) in [6, 6.07) is 8.53. The van der Waals surface area contributed by atoms with Gasteiger partial charge in [0.15, 0.2) is 0 Å². The summed E-state index contributed by atoms with van der Waals surface area (Å²) in [5, 5.41) is 8.61. The van der Waals surface area contributed by atoms with Crippen LogP contribution in [0, 0.1) is 11.3 Å². The summed E-state index contributed by atoms with van der Waals surface area (Å²) in [5.74, 6) is 1.90. The Morgan fingerprint density at radius 2 is 2.29 bits per heavy atom. The lowest BCUT2D eigenvalue weighted by molar-refractivity contribution is 0.819. The molecular formula is C14H15N3. The maximum atomic E-state index is 8.61. The second kappa shape index (κ2) is 3.89. The SMILES string of the molecule is Cn1c(C2CC2)nc2ccc(CCC#N)cc21. The summed E-state index contributed by atoms with van der Waals surface area (Å²) in [6.45, 7) is 0. The molecule has 17 heavy (non-hydrogen) atoms. The van der Waals surface area contributed by atoms with Crippen LogP contribution in [0.4, 0.5) is 0 Å². The Balaban J connectivity index is 2.03. The van der Waals surface area contributed by atoms with Crippen molar-refractivity contribution in [1.29, 1.82) is 5.26 Å².